The number of amides is 1. The highest BCUT2D eigenvalue weighted by Crippen LogP contribution is 2.19. The molecule has 0 radical (unpaired) electrons. The number of nitrogens with zero attached hydrogens (tertiary/aromatic N) is 5. The van der Waals surface area contributed by atoms with Crippen LogP contribution in [0.2, 0.25) is 0 Å². The number of carbonyl (C=O) groups excluding carboxylic acids is 1. The van der Waals surface area contributed by atoms with Crippen LogP contribution in [-0.4, -0.2) is 49.7 Å². The van der Waals surface area contributed by atoms with E-state index < -0.39 is 0 Å². The van der Waals surface area contributed by atoms with Crippen LogP contribution in [0.4, 0.5) is 0 Å². The van der Waals surface area contributed by atoms with Gasteiger partial charge in [-0.3, -0.25) is 4.79 Å². The number of ether oxygens (including phenoxy) is 1. The Hall–Kier alpha value is -3.22. The molecule has 3 heterocycles. The van der Waals surface area contributed by atoms with Crippen LogP contribution in [0.5, 0.6) is 5.88 Å². The summed E-state index contributed by atoms with van der Waals surface area (Å²) in [6.07, 6.45) is 5.98. The van der Waals surface area contributed by atoms with Gasteiger partial charge in [0.2, 0.25) is 5.88 Å². The lowest BCUT2D eigenvalue weighted by Gasteiger charge is -2.17. The fourth-order valence-electron chi connectivity index (χ4n) is 3.07. The van der Waals surface area contributed by atoms with Crippen LogP contribution in [0.3, 0.4) is 0 Å². The molecule has 0 N–H and O–H groups in total. The van der Waals surface area contributed by atoms with E-state index in [-0.39, 0.29) is 12.0 Å². The Morgan fingerprint density at radius 2 is 2.15 bits per heavy atom. The molecule has 2 aromatic heterocycles. The minimum Gasteiger partial charge on any atom is -0.472 e. The fourth-order valence-corrected chi connectivity index (χ4v) is 3.07. The van der Waals surface area contributed by atoms with Gasteiger partial charge < -0.3 is 9.64 Å². The quantitative estimate of drug-likeness (QED) is 0.722. The number of benzene rings is 1. The highest BCUT2D eigenvalue weighted by atomic mass is 16.5. The lowest BCUT2D eigenvalue weighted by Crippen LogP contribution is -2.31. The maximum atomic E-state index is 12.8. The molecule has 1 fully saturated rings. The van der Waals surface area contributed by atoms with Crippen molar-refractivity contribution < 1.29 is 9.53 Å². The molecule has 132 valence electrons. The lowest BCUT2D eigenvalue weighted by atomic mass is 10.2. The number of likely N-dealkylation sites (tertiary alicyclic amines) is 1. The second-order valence-corrected chi connectivity index (χ2v) is 6.22. The molecule has 7 heteroatoms. The summed E-state index contributed by atoms with van der Waals surface area (Å²) in [6.45, 7) is 3.04. The molecular weight excluding hydrogens is 330 g/mol. The second-order valence-electron chi connectivity index (χ2n) is 6.22. The molecule has 0 aliphatic carbocycles. The van der Waals surface area contributed by atoms with Crippen LogP contribution in [-0.2, 0) is 0 Å². The maximum absolute atomic E-state index is 12.8. The van der Waals surface area contributed by atoms with E-state index in [0.29, 0.717) is 30.4 Å². The van der Waals surface area contributed by atoms with Gasteiger partial charge in [-0.1, -0.05) is 6.07 Å². The van der Waals surface area contributed by atoms with E-state index in [0.717, 1.165) is 12.1 Å². The predicted octanol–water partition coefficient (Wildman–Crippen LogP) is 2.26. The van der Waals surface area contributed by atoms with Crippen molar-refractivity contribution in [1.82, 2.24) is 24.6 Å². The van der Waals surface area contributed by atoms with Crippen molar-refractivity contribution in [2.75, 3.05) is 13.1 Å². The molecule has 1 saturated heterocycles. The van der Waals surface area contributed by atoms with E-state index in [1.165, 1.54) is 0 Å². The van der Waals surface area contributed by atoms with Gasteiger partial charge in [-0.05, 0) is 31.2 Å². The smallest absolute Gasteiger partial charge is 0.254 e. The standard InChI is InChI=1S/C19H19N5O2/c1-14-20-9-6-18(22-14)26-17-7-11-23(13-17)19(25)15-4-2-5-16(12-15)24-10-3-8-21-24/h2-6,8-10,12,17H,7,11,13H2,1H3. The molecule has 1 amide bonds. The van der Waals surface area contributed by atoms with E-state index in [1.54, 1.807) is 23.1 Å². The summed E-state index contributed by atoms with van der Waals surface area (Å²) in [5.41, 5.74) is 1.51. The number of aromatic nitrogens is 4. The summed E-state index contributed by atoms with van der Waals surface area (Å²) in [7, 11) is 0. The normalized spacial score (nSPS) is 16.7. The first kappa shape index (κ1) is 16.3. The average Bonchev–Trinajstić information content (AvgIpc) is 3.33. The first-order chi connectivity index (χ1) is 12.7. The van der Waals surface area contributed by atoms with Crippen LogP contribution in [0.15, 0.2) is 55.0 Å². The van der Waals surface area contributed by atoms with E-state index in [2.05, 4.69) is 15.1 Å². The molecule has 7 nitrogen and oxygen atoms in total. The van der Waals surface area contributed by atoms with Crippen LogP contribution in [0.25, 0.3) is 5.69 Å². The minimum absolute atomic E-state index is 0.00368. The van der Waals surface area contributed by atoms with Crippen molar-refractivity contribution >= 4 is 5.91 Å². The molecule has 0 saturated carbocycles. The summed E-state index contributed by atoms with van der Waals surface area (Å²) < 4.78 is 7.64. The van der Waals surface area contributed by atoms with Crippen molar-refractivity contribution in [3.05, 3.63) is 66.4 Å². The Kier molecular flexibility index (Phi) is 4.35. The van der Waals surface area contributed by atoms with E-state index in [1.807, 2.05) is 48.4 Å². The summed E-state index contributed by atoms with van der Waals surface area (Å²) in [6, 6.07) is 11.1. The lowest BCUT2D eigenvalue weighted by molar-refractivity contribution is 0.0771. The molecule has 1 aliphatic rings. The summed E-state index contributed by atoms with van der Waals surface area (Å²) in [5, 5.41) is 4.21. The van der Waals surface area contributed by atoms with Gasteiger partial charge in [-0.2, -0.15) is 10.1 Å². The third kappa shape index (κ3) is 3.42. The van der Waals surface area contributed by atoms with Gasteiger partial charge in [0.15, 0.2) is 0 Å². The molecule has 1 aromatic carbocycles. The highest BCUT2D eigenvalue weighted by molar-refractivity contribution is 5.95. The molecule has 0 spiro atoms. The fraction of sp³-hybridized carbons (Fsp3) is 0.263. The Morgan fingerprint density at radius 3 is 2.96 bits per heavy atom. The van der Waals surface area contributed by atoms with Gasteiger partial charge in [-0.15, -0.1) is 0 Å². The molecule has 1 aliphatic heterocycles. The zero-order valence-corrected chi connectivity index (χ0v) is 14.4. The first-order valence-electron chi connectivity index (χ1n) is 8.55. The summed E-state index contributed by atoms with van der Waals surface area (Å²) in [5.74, 6) is 1.23. The molecule has 0 bridgehead atoms. The number of aryl methyl sites for hydroxylation is 1. The topological polar surface area (TPSA) is 73.1 Å². The second kappa shape index (κ2) is 6.95. The third-order valence-electron chi connectivity index (χ3n) is 4.33. The van der Waals surface area contributed by atoms with Gasteiger partial charge in [0.25, 0.3) is 5.91 Å². The van der Waals surface area contributed by atoms with Gasteiger partial charge in [0.1, 0.15) is 11.9 Å². The number of carbonyl (C=O) groups is 1. The largest absolute Gasteiger partial charge is 0.472 e. The van der Waals surface area contributed by atoms with Crippen molar-refractivity contribution in [1.29, 1.82) is 0 Å². The minimum atomic E-state index is -0.0532. The Bertz CT molecular complexity index is 910. The molecule has 3 aromatic rings. The average molecular weight is 349 g/mol. The number of rotatable bonds is 4. The van der Waals surface area contributed by atoms with Crippen molar-refractivity contribution in [2.24, 2.45) is 0 Å². The molecular formula is C19H19N5O2. The van der Waals surface area contributed by atoms with Crippen molar-refractivity contribution in [2.45, 2.75) is 19.4 Å². The van der Waals surface area contributed by atoms with Gasteiger partial charge in [0, 0.05) is 43.2 Å². The van der Waals surface area contributed by atoms with E-state index in [9.17, 15) is 4.79 Å². The Morgan fingerprint density at radius 1 is 1.23 bits per heavy atom. The van der Waals surface area contributed by atoms with Gasteiger partial charge in [-0.25, -0.2) is 9.67 Å². The van der Waals surface area contributed by atoms with Crippen molar-refractivity contribution in [3.63, 3.8) is 0 Å². The van der Waals surface area contributed by atoms with Crippen LogP contribution in [0.1, 0.15) is 22.6 Å². The molecule has 4 rings (SSSR count). The van der Waals surface area contributed by atoms with E-state index in [4.69, 9.17) is 4.74 Å². The van der Waals surface area contributed by atoms with Crippen LogP contribution < -0.4 is 4.74 Å². The SMILES string of the molecule is Cc1nccc(OC2CCN(C(=O)c3cccc(-n4cccn4)c3)C2)n1. The Labute approximate surface area is 151 Å². The summed E-state index contributed by atoms with van der Waals surface area (Å²) >= 11 is 0. The molecule has 1 atom stereocenters. The highest BCUT2D eigenvalue weighted by Gasteiger charge is 2.28. The molecule has 26 heavy (non-hydrogen) atoms. The number of hydrogen-bond acceptors (Lipinski definition) is 5. The summed E-state index contributed by atoms with van der Waals surface area (Å²) in [4.78, 5) is 23.0. The van der Waals surface area contributed by atoms with Crippen LogP contribution >= 0.6 is 0 Å². The van der Waals surface area contributed by atoms with E-state index >= 15 is 0 Å². The molecule has 1 unspecified atom stereocenters. The van der Waals surface area contributed by atoms with Gasteiger partial charge >= 0.3 is 0 Å². The zero-order valence-electron chi connectivity index (χ0n) is 14.4. The first-order valence-corrected chi connectivity index (χ1v) is 8.55. The number of hydrogen-bond donors (Lipinski definition) is 0. The van der Waals surface area contributed by atoms with Crippen molar-refractivity contribution in [3.8, 4) is 11.6 Å². The van der Waals surface area contributed by atoms with Crippen LogP contribution in [0, 0.1) is 6.92 Å². The zero-order chi connectivity index (χ0) is 17.9. The predicted molar refractivity (Wildman–Crippen MR) is 95.3 cm³/mol. The van der Waals surface area contributed by atoms with Gasteiger partial charge in [0.05, 0.1) is 12.2 Å². The Balaban J connectivity index is 1.44. The monoisotopic (exact) mass is 349 g/mol. The maximum Gasteiger partial charge on any atom is 0.254 e. The third-order valence-corrected chi connectivity index (χ3v) is 4.33.